The molecular weight excluding hydrogens is 245 g/mol. The molecule has 0 aromatic carbocycles. The molecule has 1 heterocycles. The number of carbonyl (C=O) groups excluding carboxylic acids is 1. The summed E-state index contributed by atoms with van der Waals surface area (Å²) in [6.07, 6.45) is -1.42. The third-order valence-electron chi connectivity index (χ3n) is 3.38. The number of hydrogen-bond donors (Lipinski definition) is 1. The standard InChI is InChI=1S/C12H21F3N2O/c1-2-3-6-10(16)11(18)17-7-4-5-9(8-17)12(13,14)15/h9-10H,2-8,16H2,1H3/t9?,10-/m0/s1. The van der Waals surface area contributed by atoms with Crippen molar-refractivity contribution >= 4 is 5.91 Å². The number of hydrogen-bond acceptors (Lipinski definition) is 2. The molecule has 0 spiro atoms. The Hall–Kier alpha value is -0.780. The topological polar surface area (TPSA) is 46.3 Å². The highest BCUT2D eigenvalue weighted by Gasteiger charge is 2.43. The molecular formula is C12H21F3N2O. The third-order valence-corrected chi connectivity index (χ3v) is 3.38. The summed E-state index contributed by atoms with van der Waals surface area (Å²) in [5.41, 5.74) is 5.72. The highest BCUT2D eigenvalue weighted by molar-refractivity contribution is 5.81. The minimum atomic E-state index is -4.22. The number of amides is 1. The summed E-state index contributed by atoms with van der Waals surface area (Å²) in [4.78, 5) is 13.2. The van der Waals surface area contributed by atoms with Crippen molar-refractivity contribution in [2.45, 2.75) is 51.2 Å². The number of halogens is 3. The van der Waals surface area contributed by atoms with Crippen LogP contribution in [0, 0.1) is 5.92 Å². The molecule has 1 amide bonds. The van der Waals surface area contributed by atoms with E-state index in [9.17, 15) is 18.0 Å². The van der Waals surface area contributed by atoms with Crippen LogP contribution in [0.15, 0.2) is 0 Å². The average molecular weight is 266 g/mol. The number of rotatable bonds is 4. The number of likely N-dealkylation sites (tertiary alicyclic amines) is 1. The maximum atomic E-state index is 12.6. The van der Waals surface area contributed by atoms with Gasteiger partial charge in [0.25, 0.3) is 0 Å². The first-order chi connectivity index (χ1) is 8.36. The molecule has 2 N–H and O–H groups in total. The van der Waals surface area contributed by atoms with Gasteiger partial charge in [0.2, 0.25) is 5.91 Å². The van der Waals surface area contributed by atoms with Crippen molar-refractivity contribution in [2.75, 3.05) is 13.1 Å². The van der Waals surface area contributed by atoms with Crippen LogP contribution in [0.1, 0.15) is 39.0 Å². The van der Waals surface area contributed by atoms with Crippen LogP contribution in [0.3, 0.4) is 0 Å². The van der Waals surface area contributed by atoms with Crippen LogP contribution in [0.4, 0.5) is 13.2 Å². The lowest BCUT2D eigenvalue weighted by Crippen LogP contribution is -2.50. The SMILES string of the molecule is CCCC[C@H](N)C(=O)N1CCCC(C(F)(F)F)C1. The van der Waals surface area contributed by atoms with Crippen molar-refractivity contribution in [3.63, 3.8) is 0 Å². The van der Waals surface area contributed by atoms with E-state index in [1.54, 1.807) is 0 Å². The second-order valence-corrected chi connectivity index (χ2v) is 4.91. The zero-order valence-electron chi connectivity index (χ0n) is 10.7. The Bertz CT molecular complexity index is 281. The van der Waals surface area contributed by atoms with Gasteiger partial charge in [-0.05, 0) is 19.3 Å². The van der Waals surface area contributed by atoms with Gasteiger partial charge in [0.15, 0.2) is 0 Å². The lowest BCUT2D eigenvalue weighted by Gasteiger charge is -2.35. The summed E-state index contributed by atoms with van der Waals surface area (Å²) in [6, 6.07) is -0.656. The highest BCUT2D eigenvalue weighted by atomic mass is 19.4. The van der Waals surface area contributed by atoms with Gasteiger partial charge in [-0.25, -0.2) is 0 Å². The molecule has 1 fully saturated rings. The summed E-state index contributed by atoms with van der Waals surface area (Å²) in [7, 11) is 0. The Kier molecular flexibility index (Phi) is 5.44. The largest absolute Gasteiger partial charge is 0.393 e. The minimum absolute atomic E-state index is 0.109. The molecule has 2 atom stereocenters. The number of nitrogens with zero attached hydrogens (tertiary/aromatic N) is 1. The van der Waals surface area contributed by atoms with Crippen molar-refractivity contribution in [1.29, 1.82) is 0 Å². The first-order valence-electron chi connectivity index (χ1n) is 6.47. The Morgan fingerprint density at radius 1 is 1.50 bits per heavy atom. The van der Waals surface area contributed by atoms with Crippen LogP contribution in [0.2, 0.25) is 0 Å². The number of alkyl halides is 3. The molecule has 1 aliphatic rings. The fraction of sp³-hybridized carbons (Fsp3) is 0.917. The Balaban J connectivity index is 2.53. The normalized spacial score (nSPS) is 22.9. The fourth-order valence-electron chi connectivity index (χ4n) is 2.23. The Labute approximate surface area is 106 Å². The van der Waals surface area contributed by atoms with E-state index >= 15 is 0 Å². The van der Waals surface area contributed by atoms with Crippen LogP contribution in [-0.4, -0.2) is 36.1 Å². The third kappa shape index (κ3) is 4.15. The second kappa shape index (κ2) is 6.41. The van der Waals surface area contributed by atoms with Gasteiger partial charge in [-0.1, -0.05) is 19.8 Å². The molecule has 18 heavy (non-hydrogen) atoms. The van der Waals surface area contributed by atoms with E-state index in [0.717, 1.165) is 12.8 Å². The van der Waals surface area contributed by atoms with Crippen LogP contribution in [0.5, 0.6) is 0 Å². The van der Waals surface area contributed by atoms with Gasteiger partial charge < -0.3 is 10.6 Å². The molecule has 0 radical (unpaired) electrons. The van der Waals surface area contributed by atoms with Crippen LogP contribution >= 0.6 is 0 Å². The molecule has 1 aliphatic heterocycles. The average Bonchev–Trinajstić information content (AvgIpc) is 2.34. The van der Waals surface area contributed by atoms with Crippen molar-refractivity contribution < 1.29 is 18.0 Å². The highest BCUT2D eigenvalue weighted by Crippen LogP contribution is 2.33. The van der Waals surface area contributed by atoms with Crippen molar-refractivity contribution in [3.05, 3.63) is 0 Å². The van der Waals surface area contributed by atoms with E-state index in [2.05, 4.69) is 0 Å². The zero-order valence-corrected chi connectivity index (χ0v) is 10.7. The monoisotopic (exact) mass is 266 g/mol. The first-order valence-corrected chi connectivity index (χ1v) is 6.47. The maximum absolute atomic E-state index is 12.6. The molecule has 0 saturated carbocycles. The molecule has 106 valence electrons. The van der Waals surface area contributed by atoms with Crippen molar-refractivity contribution in [1.82, 2.24) is 4.90 Å². The lowest BCUT2D eigenvalue weighted by molar-refractivity contribution is -0.188. The predicted molar refractivity (Wildman–Crippen MR) is 62.9 cm³/mol. The summed E-state index contributed by atoms with van der Waals surface area (Å²) >= 11 is 0. The van der Waals surface area contributed by atoms with Crippen molar-refractivity contribution in [2.24, 2.45) is 11.7 Å². The number of unbranched alkanes of at least 4 members (excludes halogenated alkanes) is 1. The van der Waals surface area contributed by atoms with Gasteiger partial charge in [0.1, 0.15) is 0 Å². The summed E-state index contributed by atoms with van der Waals surface area (Å²) in [6.45, 7) is 2.14. The smallest absolute Gasteiger partial charge is 0.341 e. The predicted octanol–water partition coefficient (Wildman–Crippen LogP) is 2.30. The minimum Gasteiger partial charge on any atom is -0.341 e. The molecule has 0 aromatic rings. The van der Waals surface area contributed by atoms with Gasteiger partial charge in [-0.2, -0.15) is 13.2 Å². The second-order valence-electron chi connectivity index (χ2n) is 4.91. The maximum Gasteiger partial charge on any atom is 0.393 e. The summed E-state index contributed by atoms with van der Waals surface area (Å²) < 4.78 is 37.8. The van der Waals surface area contributed by atoms with Gasteiger partial charge in [0.05, 0.1) is 12.0 Å². The molecule has 0 bridgehead atoms. The van der Waals surface area contributed by atoms with Crippen LogP contribution in [-0.2, 0) is 4.79 Å². The van der Waals surface area contributed by atoms with E-state index in [4.69, 9.17) is 5.73 Å². The first kappa shape index (κ1) is 15.3. The molecule has 1 rings (SSSR count). The van der Waals surface area contributed by atoms with Gasteiger partial charge in [-0.3, -0.25) is 4.79 Å². The number of piperidine rings is 1. The van der Waals surface area contributed by atoms with E-state index < -0.39 is 18.1 Å². The van der Waals surface area contributed by atoms with E-state index in [1.165, 1.54) is 4.90 Å². The van der Waals surface area contributed by atoms with Gasteiger partial charge in [0, 0.05) is 13.1 Å². The quantitative estimate of drug-likeness (QED) is 0.848. The van der Waals surface area contributed by atoms with E-state index in [0.29, 0.717) is 19.4 Å². The van der Waals surface area contributed by atoms with Crippen LogP contribution < -0.4 is 5.73 Å². The Morgan fingerprint density at radius 3 is 2.72 bits per heavy atom. The molecule has 0 aromatic heterocycles. The molecule has 1 unspecified atom stereocenters. The molecule has 1 saturated heterocycles. The zero-order chi connectivity index (χ0) is 13.8. The van der Waals surface area contributed by atoms with E-state index in [-0.39, 0.29) is 18.9 Å². The van der Waals surface area contributed by atoms with Gasteiger partial charge >= 0.3 is 6.18 Å². The fourth-order valence-corrected chi connectivity index (χ4v) is 2.23. The van der Waals surface area contributed by atoms with Crippen molar-refractivity contribution in [3.8, 4) is 0 Å². The van der Waals surface area contributed by atoms with Gasteiger partial charge in [-0.15, -0.1) is 0 Å². The summed E-state index contributed by atoms with van der Waals surface area (Å²) in [5, 5.41) is 0. The lowest BCUT2D eigenvalue weighted by atomic mass is 9.96. The number of carbonyl (C=O) groups is 1. The van der Waals surface area contributed by atoms with E-state index in [1.807, 2.05) is 6.92 Å². The molecule has 6 heteroatoms. The summed E-state index contributed by atoms with van der Waals surface area (Å²) in [5.74, 6) is -1.73. The molecule has 0 aliphatic carbocycles. The molecule has 3 nitrogen and oxygen atoms in total. The Morgan fingerprint density at radius 2 is 2.17 bits per heavy atom. The van der Waals surface area contributed by atoms with Crippen LogP contribution in [0.25, 0.3) is 0 Å². The number of nitrogens with two attached hydrogens (primary N) is 1.